The minimum Gasteiger partial charge on any atom is -0.341 e. The first-order valence-electron chi connectivity index (χ1n) is 13.1. The van der Waals surface area contributed by atoms with Crippen LogP contribution < -0.4 is 0 Å². The van der Waals surface area contributed by atoms with Gasteiger partial charge >= 0.3 is 0 Å². The van der Waals surface area contributed by atoms with Gasteiger partial charge in [0.05, 0.1) is 13.2 Å². The molecule has 4 aromatic rings. The Labute approximate surface area is 217 Å². The zero-order chi connectivity index (χ0) is 25.7. The zero-order valence-electron chi connectivity index (χ0n) is 21.1. The van der Waals surface area contributed by atoms with Crippen LogP contribution in [0, 0.1) is 11.6 Å². The van der Waals surface area contributed by atoms with Gasteiger partial charge in [0.2, 0.25) is 5.79 Å². The summed E-state index contributed by atoms with van der Waals surface area (Å²) < 4.78 is 40.0. The van der Waals surface area contributed by atoms with Gasteiger partial charge in [0, 0.05) is 17.0 Å². The zero-order valence-corrected chi connectivity index (χ0v) is 21.1. The second-order valence-electron chi connectivity index (χ2n) is 9.73. The smallest absolute Gasteiger partial charge is 0.222 e. The van der Waals surface area contributed by atoms with Crippen LogP contribution in [-0.2, 0) is 21.7 Å². The molecule has 190 valence electrons. The molecule has 4 aromatic carbocycles. The molecule has 1 fully saturated rings. The minimum atomic E-state index is -1.21. The van der Waals surface area contributed by atoms with Crippen LogP contribution in [-0.4, -0.2) is 13.2 Å². The van der Waals surface area contributed by atoms with Gasteiger partial charge < -0.3 is 9.47 Å². The Morgan fingerprint density at radius 3 is 1.62 bits per heavy atom. The van der Waals surface area contributed by atoms with E-state index in [0.29, 0.717) is 24.3 Å². The van der Waals surface area contributed by atoms with E-state index in [9.17, 15) is 8.78 Å². The summed E-state index contributed by atoms with van der Waals surface area (Å²) in [5.41, 5.74) is 6.24. The van der Waals surface area contributed by atoms with Crippen LogP contribution in [0.2, 0.25) is 0 Å². The van der Waals surface area contributed by atoms with E-state index in [1.54, 1.807) is 24.3 Å². The van der Waals surface area contributed by atoms with E-state index in [2.05, 4.69) is 55.5 Å². The molecule has 5 rings (SSSR count). The first kappa shape index (κ1) is 25.3. The largest absolute Gasteiger partial charge is 0.341 e. The van der Waals surface area contributed by atoms with E-state index in [1.807, 2.05) is 0 Å². The number of ether oxygens (including phenoxy) is 2. The molecule has 1 heterocycles. The number of halogens is 2. The third-order valence-electron chi connectivity index (χ3n) is 7.16. The summed E-state index contributed by atoms with van der Waals surface area (Å²) in [6.45, 7) is 3.06. The third-order valence-corrected chi connectivity index (χ3v) is 7.16. The van der Waals surface area contributed by atoms with Gasteiger partial charge in [0.15, 0.2) is 0 Å². The molecular formula is C33H32F2O2. The van der Waals surface area contributed by atoms with Gasteiger partial charge in [-0.1, -0.05) is 92.6 Å². The summed E-state index contributed by atoms with van der Waals surface area (Å²) in [5, 5.41) is 0. The third kappa shape index (κ3) is 5.66. The summed E-state index contributed by atoms with van der Waals surface area (Å²) in [6.07, 6.45) is 4.87. The standard InChI is InChI=1S/C33H32F2O2/c1-2-3-4-5-24-6-8-25(9-7-24)26-10-12-27(13-11-26)28-22-36-33(37-23-28,29-14-18-31(34)19-15-29)30-16-20-32(35)21-17-30/h6-21,28H,2-5,22-23H2,1H3. The van der Waals surface area contributed by atoms with Crippen molar-refractivity contribution in [2.75, 3.05) is 13.2 Å². The Hall–Kier alpha value is -3.34. The highest BCUT2D eigenvalue weighted by atomic mass is 19.1. The molecular weight excluding hydrogens is 466 g/mol. The molecule has 0 bridgehead atoms. The lowest BCUT2D eigenvalue weighted by atomic mass is 9.92. The topological polar surface area (TPSA) is 18.5 Å². The Balaban J connectivity index is 1.30. The SMILES string of the molecule is CCCCCc1ccc(-c2ccc(C3COC(c4ccc(F)cc4)(c4ccc(F)cc4)OC3)cc2)cc1. The second-order valence-corrected chi connectivity index (χ2v) is 9.73. The number of hydrogen-bond donors (Lipinski definition) is 0. The molecule has 0 aliphatic carbocycles. The number of aryl methyl sites for hydroxylation is 1. The van der Waals surface area contributed by atoms with Crippen molar-refractivity contribution in [3.63, 3.8) is 0 Å². The van der Waals surface area contributed by atoms with Crippen molar-refractivity contribution < 1.29 is 18.3 Å². The van der Waals surface area contributed by atoms with Gasteiger partial charge in [-0.2, -0.15) is 0 Å². The Bertz CT molecular complexity index is 1220. The van der Waals surface area contributed by atoms with Crippen LogP contribution in [0.4, 0.5) is 8.78 Å². The Kier molecular flexibility index (Phi) is 7.78. The molecule has 2 nitrogen and oxygen atoms in total. The van der Waals surface area contributed by atoms with Crippen LogP contribution in [0.3, 0.4) is 0 Å². The molecule has 0 aromatic heterocycles. The first-order chi connectivity index (χ1) is 18.1. The number of hydrogen-bond acceptors (Lipinski definition) is 2. The average molecular weight is 499 g/mol. The van der Waals surface area contributed by atoms with Crippen molar-refractivity contribution in [1.82, 2.24) is 0 Å². The molecule has 0 atom stereocenters. The summed E-state index contributed by atoms with van der Waals surface area (Å²) in [5.74, 6) is -1.84. The quantitative estimate of drug-likeness (QED) is 0.227. The van der Waals surface area contributed by atoms with Crippen LogP contribution in [0.5, 0.6) is 0 Å². The summed E-state index contributed by atoms with van der Waals surface area (Å²) >= 11 is 0. The molecule has 37 heavy (non-hydrogen) atoms. The van der Waals surface area contributed by atoms with Crippen molar-refractivity contribution in [3.8, 4) is 11.1 Å². The van der Waals surface area contributed by atoms with Gasteiger partial charge in [0.1, 0.15) is 11.6 Å². The Morgan fingerprint density at radius 2 is 1.14 bits per heavy atom. The molecule has 0 spiro atoms. The first-order valence-corrected chi connectivity index (χ1v) is 13.1. The van der Waals surface area contributed by atoms with Crippen LogP contribution in [0.25, 0.3) is 11.1 Å². The monoisotopic (exact) mass is 498 g/mol. The average Bonchev–Trinajstić information content (AvgIpc) is 2.95. The molecule has 1 aliphatic rings. The fraction of sp³-hybridized carbons (Fsp3) is 0.273. The number of benzene rings is 4. The molecule has 0 unspecified atom stereocenters. The van der Waals surface area contributed by atoms with Gasteiger partial charge in [0.25, 0.3) is 0 Å². The second kappa shape index (κ2) is 11.4. The van der Waals surface area contributed by atoms with E-state index < -0.39 is 5.79 Å². The highest BCUT2D eigenvalue weighted by Crippen LogP contribution is 2.41. The highest BCUT2D eigenvalue weighted by molar-refractivity contribution is 5.64. The number of rotatable bonds is 8. The van der Waals surface area contributed by atoms with Gasteiger partial charge in [-0.3, -0.25) is 0 Å². The maximum Gasteiger partial charge on any atom is 0.222 e. The van der Waals surface area contributed by atoms with E-state index in [0.717, 1.165) is 12.0 Å². The fourth-order valence-electron chi connectivity index (χ4n) is 4.95. The predicted molar refractivity (Wildman–Crippen MR) is 143 cm³/mol. The maximum atomic E-state index is 13.6. The minimum absolute atomic E-state index is 0.0454. The molecule has 0 radical (unpaired) electrons. The summed E-state index contributed by atoms with van der Waals surface area (Å²) in [7, 11) is 0. The van der Waals surface area contributed by atoms with Gasteiger partial charge in [-0.15, -0.1) is 0 Å². The molecule has 4 heteroatoms. The molecule has 0 saturated carbocycles. The van der Waals surface area contributed by atoms with Crippen molar-refractivity contribution >= 4 is 0 Å². The van der Waals surface area contributed by atoms with E-state index in [4.69, 9.17) is 9.47 Å². The maximum absolute atomic E-state index is 13.6. The molecule has 0 N–H and O–H groups in total. The van der Waals surface area contributed by atoms with Crippen molar-refractivity contribution in [2.45, 2.75) is 44.3 Å². The fourth-order valence-corrected chi connectivity index (χ4v) is 4.95. The molecule has 0 amide bonds. The van der Waals surface area contributed by atoms with Gasteiger partial charge in [-0.25, -0.2) is 8.78 Å². The van der Waals surface area contributed by atoms with Crippen LogP contribution >= 0.6 is 0 Å². The highest BCUT2D eigenvalue weighted by Gasteiger charge is 2.41. The van der Waals surface area contributed by atoms with Crippen molar-refractivity contribution in [2.24, 2.45) is 0 Å². The molecule has 1 saturated heterocycles. The van der Waals surface area contributed by atoms with E-state index in [-0.39, 0.29) is 17.6 Å². The Morgan fingerprint density at radius 1 is 0.649 bits per heavy atom. The van der Waals surface area contributed by atoms with Crippen molar-refractivity contribution in [3.05, 3.63) is 131 Å². The summed E-state index contributed by atoms with van der Waals surface area (Å²) in [4.78, 5) is 0. The molecule has 1 aliphatic heterocycles. The lowest BCUT2D eigenvalue weighted by Gasteiger charge is -2.41. The number of unbranched alkanes of at least 4 members (excludes halogenated alkanes) is 2. The summed E-state index contributed by atoms with van der Waals surface area (Å²) in [6, 6.07) is 29.6. The lowest BCUT2D eigenvalue weighted by molar-refractivity contribution is -0.256. The van der Waals surface area contributed by atoms with Gasteiger partial charge in [-0.05, 0) is 59.4 Å². The van der Waals surface area contributed by atoms with E-state index >= 15 is 0 Å². The van der Waals surface area contributed by atoms with E-state index in [1.165, 1.54) is 60.2 Å². The normalized spacial score (nSPS) is 15.5. The van der Waals surface area contributed by atoms with Crippen LogP contribution in [0.15, 0.2) is 97.1 Å². The predicted octanol–water partition coefficient (Wildman–Crippen LogP) is 8.40. The lowest BCUT2D eigenvalue weighted by Crippen LogP contribution is -2.42. The van der Waals surface area contributed by atoms with Crippen LogP contribution in [0.1, 0.15) is 54.4 Å². The van der Waals surface area contributed by atoms with Crippen molar-refractivity contribution in [1.29, 1.82) is 0 Å².